The Kier molecular flexibility index (Phi) is 8.61. The van der Waals surface area contributed by atoms with E-state index in [0.29, 0.717) is 52.2 Å². The highest BCUT2D eigenvalue weighted by molar-refractivity contribution is 5.89. The van der Waals surface area contributed by atoms with Gasteiger partial charge < -0.3 is 15.1 Å². The van der Waals surface area contributed by atoms with E-state index in [0.717, 1.165) is 5.56 Å². The van der Waals surface area contributed by atoms with E-state index in [1.807, 2.05) is 25.7 Å². The standard InChI is InChI=1S/C26H34F2N4O2/c1-26(2,3)18-24(33)32(19-20-8-10-21(27)11-9-20)17-14-30-12-15-31(16-13-30)25(34)29-23-7-5-4-6-22(23)28/h4-11H,12-19H2,1-3H3,(H,29,34). The molecule has 0 radical (unpaired) electrons. The van der Waals surface area contributed by atoms with E-state index in [2.05, 4.69) is 10.2 Å². The van der Waals surface area contributed by atoms with Crippen molar-refractivity contribution in [2.45, 2.75) is 33.7 Å². The lowest BCUT2D eigenvalue weighted by Crippen LogP contribution is -2.51. The smallest absolute Gasteiger partial charge is 0.322 e. The van der Waals surface area contributed by atoms with Gasteiger partial charge in [-0.25, -0.2) is 13.6 Å². The molecule has 0 aliphatic carbocycles. The van der Waals surface area contributed by atoms with Crippen molar-refractivity contribution in [3.63, 3.8) is 0 Å². The van der Waals surface area contributed by atoms with Crippen molar-refractivity contribution >= 4 is 17.6 Å². The largest absolute Gasteiger partial charge is 0.337 e. The van der Waals surface area contributed by atoms with Crippen molar-refractivity contribution in [3.8, 4) is 0 Å². The van der Waals surface area contributed by atoms with Crippen molar-refractivity contribution in [1.82, 2.24) is 14.7 Å². The Balaban J connectivity index is 1.52. The summed E-state index contributed by atoms with van der Waals surface area (Å²) in [6.45, 7) is 10.1. The maximum Gasteiger partial charge on any atom is 0.322 e. The number of carbonyl (C=O) groups excluding carboxylic acids is 2. The lowest BCUT2D eigenvalue weighted by atomic mass is 9.91. The van der Waals surface area contributed by atoms with E-state index < -0.39 is 5.82 Å². The van der Waals surface area contributed by atoms with Crippen LogP contribution in [0.5, 0.6) is 0 Å². The van der Waals surface area contributed by atoms with Crippen LogP contribution < -0.4 is 5.32 Å². The van der Waals surface area contributed by atoms with Crippen molar-refractivity contribution in [2.24, 2.45) is 5.41 Å². The van der Waals surface area contributed by atoms with E-state index in [-0.39, 0.29) is 28.9 Å². The normalized spacial score (nSPS) is 14.7. The minimum absolute atomic E-state index is 0.0692. The molecule has 0 atom stereocenters. The highest BCUT2D eigenvalue weighted by atomic mass is 19.1. The molecule has 0 unspecified atom stereocenters. The van der Waals surface area contributed by atoms with Gasteiger partial charge in [-0.15, -0.1) is 0 Å². The van der Waals surface area contributed by atoms with Crippen LogP contribution in [0.1, 0.15) is 32.8 Å². The maximum absolute atomic E-state index is 13.8. The molecule has 1 heterocycles. The van der Waals surface area contributed by atoms with Gasteiger partial charge in [0.15, 0.2) is 0 Å². The minimum atomic E-state index is -0.462. The summed E-state index contributed by atoms with van der Waals surface area (Å²) in [5, 5.41) is 2.63. The lowest BCUT2D eigenvalue weighted by Gasteiger charge is -2.36. The van der Waals surface area contributed by atoms with Crippen molar-refractivity contribution in [3.05, 3.63) is 65.7 Å². The van der Waals surface area contributed by atoms with Crippen molar-refractivity contribution < 1.29 is 18.4 Å². The van der Waals surface area contributed by atoms with E-state index in [1.54, 1.807) is 29.2 Å². The lowest BCUT2D eigenvalue weighted by molar-refractivity contribution is -0.134. The van der Waals surface area contributed by atoms with Gasteiger partial charge in [-0.2, -0.15) is 0 Å². The van der Waals surface area contributed by atoms with Crippen LogP contribution in [0.4, 0.5) is 19.3 Å². The fourth-order valence-electron chi connectivity index (χ4n) is 3.86. The fourth-order valence-corrected chi connectivity index (χ4v) is 3.86. The van der Waals surface area contributed by atoms with Gasteiger partial charge >= 0.3 is 6.03 Å². The summed E-state index contributed by atoms with van der Waals surface area (Å²) >= 11 is 0. The fraction of sp³-hybridized carbons (Fsp3) is 0.462. The number of nitrogens with one attached hydrogen (secondary N) is 1. The molecular weight excluding hydrogens is 438 g/mol. The van der Waals surface area contributed by atoms with Gasteiger partial charge in [0.05, 0.1) is 5.69 Å². The number of nitrogens with zero attached hydrogens (tertiary/aromatic N) is 3. The van der Waals surface area contributed by atoms with E-state index in [1.165, 1.54) is 24.3 Å². The first-order valence-corrected chi connectivity index (χ1v) is 11.7. The van der Waals surface area contributed by atoms with Crippen LogP contribution in [-0.4, -0.2) is 65.9 Å². The second-order valence-corrected chi connectivity index (χ2v) is 9.92. The average Bonchev–Trinajstić information content (AvgIpc) is 2.78. The number of halogens is 2. The van der Waals surface area contributed by atoms with Crippen LogP contribution in [0.3, 0.4) is 0 Å². The summed E-state index contributed by atoms with van der Waals surface area (Å²) in [4.78, 5) is 31.2. The number of benzene rings is 2. The molecule has 0 spiro atoms. The molecule has 3 amide bonds. The molecule has 1 aliphatic rings. The Hall–Kier alpha value is -3.00. The summed E-state index contributed by atoms with van der Waals surface area (Å²) in [6.07, 6.45) is 0.429. The van der Waals surface area contributed by atoms with Gasteiger partial charge in [0.2, 0.25) is 5.91 Å². The quantitative estimate of drug-likeness (QED) is 0.642. The number of carbonyl (C=O) groups is 2. The molecular formula is C26H34F2N4O2. The molecule has 3 rings (SSSR count). The first-order chi connectivity index (χ1) is 16.1. The Morgan fingerprint density at radius 2 is 1.62 bits per heavy atom. The molecule has 0 saturated carbocycles. The van der Waals surface area contributed by atoms with Crippen LogP contribution in [0.2, 0.25) is 0 Å². The highest BCUT2D eigenvalue weighted by Gasteiger charge is 2.25. The van der Waals surface area contributed by atoms with Crippen LogP contribution >= 0.6 is 0 Å². The van der Waals surface area contributed by atoms with Crippen LogP contribution in [0.25, 0.3) is 0 Å². The summed E-state index contributed by atoms with van der Waals surface area (Å²) < 4.78 is 27.1. The molecule has 6 nitrogen and oxygen atoms in total. The van der Waals surface area contributed by atoms with Gasteiger partial charge in [-0.3, -0.25) is 9.69 Å². The molecule has 1 fully saturated rings. The summed E-state index contributed by atoms with van der Waals surface area (Å²) in [6, 6.07) is 12.0. The molecule has 34 heavy (non-hydrogen) atoms. The SMILES string of the molecule is CC(C)(C)CC(=O)N(CCN1CCN(C(=O)Nc2ccccc2F)CC1)Cc1ccc(F)cc1. The molecule has 0 bridgehead atoms. The number of para-hydroxylation sites is 1. The molecule has 1 aliphatic heterocycles. The summed E-state index contributed by atoms with van der Waals surface area (Å²) in [7, 11) is 0. The second kappa shape index (κ2) is 11.4. The third-order valence-electron chi connectivity index (χ3n) is 5.78. The topological polar surface area (TPSA) is 55.9 Å². The minimum Gasteiger partial charge on any atom is -0.337 e. The maximum atomic E-state index is 13.8. The molecule has 2 aromatic carbocycles. The third kappa shape index (κ3) is 7.80. The Morgan fingerprint density at radius 3 is 2.24 bits per heavy atom. The average molecular weight is 473 g/mol. The number of amides is 3. The number of anilines is 1. The summed E-state index contributed by atoms with van der Waals surface area (Å²) in [5.41, 5.74) is 0.928. The van der Waals surface area contributed by atoms with Gasteiger partial charge in [0.25, 0.3) is 0 Å². The molecule has 0 aromatic heterocycles. The van der Waals surface area contributed by atoms with Gasteiger partial charge in [0, 0.05) is 52.2 Å². The van der Waals surface area contributed by atoms with Gasteiger partial charge in [-0.05, 0) is 35.2 Å². The zero-order valence-corrected chi connectivity index (χ0v) is 20.2. The van der Waals surface area contributed by atoms with E-state index in [4.69, 9.17) is 0 Å². The van der Waals surface area contributed by atoms with Crippen LogP contribution in [-0.2, 0) is 11.3 Å². The first kappa shape index (κ1) is 25.6. The monoisotopic (exact) mass is 472 g/mol. The zero-order chi connectivity index (χ0) is 24.7. The zero-order valence-electron chi connectivity index (χ0n) is 20.2. The van der Waals surface area contributed by atoms with E-state index >= 15 is 0 Å². The van der Waals surface area contributed by atoms with Gasteiger partial charge in [0.1, 0.15) is 11.6 Å². The molecule has 1 N–H and O–H groups in total. The Morgan fingerprint density at radius 1 is 0.971 bits per heavy atom. The number of piperazine rings is 1. The summed E-state index contributed by atoms with van der Waals surface area (Å²) in [5.74, 6) is -0.691. The van der Waals surface area contributed by atoms with E-state index in [9.17, 15) is 18.4 Å². The number of rotatable bonds is 7. The molecule has 8 heteroatoms. The molecule has 184 valence electrons. The number of hydrogen-bond acceptors (Lipinski definition) is 3. The third-order valence-corrected chi connectivity index (χ3v) is 5.78. The number of urea groups is 1. The Labute approximate surface area is 200 Å². The van der Waals surface area contributed by atoms with Crippen LogP contribution in [0, 0.1) is 17.0 Å². The van der Waals surface area contributed by atoms with Crippen LogP contribution in [0.15, 0.2) is 48.5 Å². The predicted molar refractivity (Wildman–Crippen MR) is 129 cm³/mol. The first-order valence-electron chi connectivity index (χ1n) is 11.7. The molecule has 1 saturated heterocycles. The van der Waals surface area contributed by atoms with Crippen molar-refractivity contribution in [2.75, 3.05) is 44.6 Å². The van der Waals surface area contributed by atoms with Gasteiger partial charge in [-0.1, -0.05) is 45.0 Å². The predicted octanol–water partition coefficient (Wildman–Crippen LogP) is 4.58. The Bertz CT molecular complexity index is 968. The number of hydrogen-bond donors (Lipinski definition) is 1. The highest BCUT2D eigenvalue weighted by Crippen LogP contribution is 2.21. The molecule has 2 aromatic rings. The second-order valence-electron chi connectivity index (χ2n) is 9.92. The van der Waals surface area contributed by atoms with Crippen molar-refractivity contribution in [1.29, 1.82) is 0 Å².